The Morgan fingerprint density at radius 1 is 0.941 bits per heavy atom. The second-order valence-corrected chi connectivity index (χ2v) is 7.93. The lowest BCUT2D eigenvalue weighted by molar-refractivity contribution is 0.169. The highest BCUT2D eigenvalue weighted by atomic mass is 32.2. The van der Waals surface area contributed by atoms with Gasteiger partial charge in [0.1, 0.15) is 0 Å². The molecule has 1 unspecified atom stereocenters. The summed E-state index contributed by atoms with van der Waals surface area (Å²) in [6, 6.07) is 0.849. The molecule has 0 aromatic heterocycles. The average Bonchev–Trinajstić information content (AvgIpc) is 3.01. The summed E-state index contributed by atoms with van der Waals surface area (Å²) in [5.41, 5.74) is 0.806. The number of thioether (sulfide) groups is 1. The van der Waals surface area contributed by atoms with Gasteiger partial charge in [-0.3, -0.25) is 0 Å². The maximum atomic E-state index is 3.85. The number of hydrogen-bond acceptors (Lipinski definition) is 2. The molecule has 2 saturated carbocycles. The van der Waals surface area contributed by atoms with Crippen LogP contribution in [0.1, 0.15) is 64.2 Å². The van der Waals surface area contributed by atoms with Crippen LogP contribution >= 0.6 is 11.8 Å². The predicted molar refractivity (Wildman–Crippen MR) is 76.6 cm³/mol. The molecular formula is C15H27NS. The van der Waals surface area contributed by atoms with E-state index in [0.29, 0.717) is 0 Å². The topological polar surface area (TPSA) is 12.0 Å². The summed E-state index contributed by atoms with van der Waals surface area (Å²) in [5.74, 6) is 1.40. The summed E-state index contributed by atoms with van der Waals surface area (Å²) in [6.07, 6.45) is 14.9. The molecule has 0 amide bonds. The molecular weight excluding hydrogens is 226 g/mol. The quantitative estimate of drug-likeness (QED) is 0.816. The highest BCUT2D eigenvalue weighted by Crippen LogP contribution is 2.48. The van der Waals surface area contributed by atoms with Crippen molar-refractivity contribution in [1.82, 2.24) is 5.32 Å². The van der Waals surface area contributed by atoms with Gasteiger partial charge in [0.25, 0.3) is 0 Å². The predicted octanol–water partition coefficient (Wildman–Crippen LogP) is 3.97. The zero-order valence-corrected chi connectivity index (χ0v) is 11.9. The monoisotopic (exact) mass is 253 g/mol. The SMILES string of the molecule is C1CSC(CNC2CCC3(CCCC3)CC2)C1. The van der Waals surface area contributed by atoms with Gasteiger partial charge in [-0.2, -0.15) is 11.8 Å². The highest BCUT2D eigenvalue weighted by Gasteiger charge is 2.37. The molecule has 3 fully saturated rings. The molecule has 0 aromatic carbocycles. The average molecular weight is 253 g/mol. The van der Waals surface area contributed by atoms with Crippen LogP contribution in [0.5, 0.6) is 0 Å². The lowest BCUT2D eigenvalue weighted by atomic mass is 9.71. The molecule has 3 rings (SSSR count). The first kappa shape index (κ1) is 12.3. The molecule has 0 bridgehead atoms. The van der Waals surface area contributed by atoms with Gasteiger partial charge in [-0.15, -0.1) is 0 Å². The van der Waals surface area contributed by atoms with E-state index in [1.807, 2.05) is 0 Å². The van der Waals surface area contributed by atoms with E-state index in [2.05, 4.69) is 17.1 Å². The van der Waals surface area contributed by atoms with Crippen LogP contribution in [0.15, 0.2) is 0 Å². The molecule has 1 nitrogen and oxygen atoms in total. The smallest absolute Gasteiger partial charge is 0.0172 e. The third-order valence-corrected chi connectivity index (χ3v) is 6.77. The number of hydrogen-bond donors (Lipinski definition) is 1. The molecule has 1 aliphatic heterocycles. The summed E-state index contributed by atoms with van der Waals surface area (Å²) < 4.78 is 0. The molecule has 17 heavy (non-hydrogen) atoms. The molecule has 1 heterocycles. The minimum atomic E-state index is 0.806. The van der Waals surface area contributed by atoms with Crippen molar-refractivity contribution in [3.8, 4) is 0 Å². The fraction of sp³-hybridized carbons (Fsp3) is 1.00. The first-order chi connectivity index (χ1) is 8.36. The Hall–Kier alpha value is 0.310. The minimum absolute atomic E-state index is 0.806. The van der Waals surface area contributed by atoms with Gasteiger partial charge in [0.2, 0.25) is 0 Å². The molecule has 1 atom stereocenters. The van der Waals surface area contributed by atoms with E-state index in [9.17, 15) is 0 Å². The summed E-state index contributed by atoms with van der Waals surface area (Å²) in [6.45, 7) is 1.28. The Balaban J connectivity index is 1.39. The Kier molecular flexibility index (Phi) is 4.01. The summed E-state index contributed by atoms with van der Waals surface area (Å²) in [7, 11) is 0. The first-order valence-electron chi connectivity index (χ1n) is 7.71. The van der Waals surface area contributed by atoms with Gasteiger partial charge >= 0.3 is 0 Å². The van der Waals surface area contributed by atoms with E-state index >= 15 is 0 Å². The molecule has 2 heteroatoms. The van der Waals surface area contributed by atoms with Crippen molar-refractivity contribution in [3.63, 3.8) is 0 Å². The number of rotatable bonds is 3. The maximum Gasteiger partial charge on any atom is 0.0172 e. The third-order valence-electron chi connectivity index (χ3n) is 5.37. The Bertz CT molecular complexity index is 229. The molecule has 98 valence electrons. The van der Waals surface area contributed by atoms with E-state index in [-0.39, 0.29) is 0 Å². The second-order valence-electron chi connectivity index (χ2n) is 6.52. The van der Waals surface area contributed by atoms with E-state index in [0.717, 1.165) is 16.7 Å². The van der Waals surface area contributed by atoms with Crippen molar-refractivity contribution in [2.24, 2.45) is 5.41 Å². The zero-order valence-electron chi connectivity index (χ0n) is 11.0. The van der Waals surface area contributed by atoms with Gasteiger partial charge in [0, 0.05) is 17.8 Å². The zero-order chi connectivity index (χ0) is 11.6. The molecule has 1 N–H and O–H groups in total. The van der Waals surface area contributed by atoms with Gasteiger partial charge in [-0.25, -0.2) is 0 Å². The van der Waals surface area contributed by atoms with Crippen LogP contribution < -0.4 is 5.32 Å². The third kappa shape index (κ3) is 3.01. The Morgan fingerprint density at radius 2 is 1.71 bits per heavy atom. The van der Waals surface area contributed by atoms with Crippen molar-refractivity contribution >= 4 is 11.8 Å². The standard InChI is InChI=1S/C15H27NS/c1-2-8-15(7-1)9-5-13(6-10-15)16-12-14-4-3-11-17-14/h13-14,16H,1-12H2. The second kappa shape index (κ2) is 5.52. The lowest BCUT2D eigenvalue weighted by Gasteiger charge is -2.38. The van der Waals surface area contributed by atoms with Gasteiger partial charge in [0.05, 0.1) is 0 Å². The summed E-state index contributed by atoms with van der Waals surface area (Å²) >= 11 is 2.19. The maximum absolute atomic E-state index is 3.85. The normalized spacial score (nSPS) is 33.5. The molecule has 0 radical (unpaired) electrons. The molecule has 0 aromatic rings. The lowest BCUT2D eigenvalue weighted by Crippen LogP contribution is -2.39. The molecule has 2 aliphatic carbocycles. The molecule has 1 saturated heterocycles. The van der Waals surface area contributed by atoms with Gasteiger partial charge in [-0.1, -0.05) is 12.8 Å². The van der Waals surface area contributed by atoms with Crippen LogP contribution in [0.25, 0.3) is 0 Å². The van der Waals surface area contributed by atoms with E-state index < -0.39 is 0 Å². The van der Waals surface area contributed by atoms with Gasteiger partial charge in [-0.05, 0) is 62.5 Å². The van der Waals surface area contributed by atoms with Crippen LogP contribution in [0.2, 0.25) is 0 Å². The Morgan fingerprint density at radius 3 is 2.35 bits per heavy atom. The fourth-order valence-electron chi connectivity index (χ4n) is 4.16. The summed E-state index contributed by atoms with van der Waals surface area (Å²) in [5, 5.41) is 4.78. The highest BCUT2D eigenvalue weighted by molar-refractivity contribution is 8.00. The van der Waals surface area contributed by atoms with E-state index in [1.165, 1.54) is 76.5 Å². The van der Waals surface area contributed by atoms with E-state index in [4.69, 9.17) is 0 Å². The first-order valence-corrected chi connectivity index (χ1v) is 8.76. The van der Waals surface area contributed by atoms with Crippen molar-refractivity contribution in [1.29, 1.82) is 0 Å². The molecule has 1 spiro atoms. The minimum Gasteiger partial charge on any atom is -0.313 e. The van der Waals surface area contributed by atoms with Crippen molar-refractivity contribution in [2.45, 2.75) is 75.5 Å². The van der Waals surface area contributed by atoms with Gasteiger partial charge in [0.15, 0.2) is 0 Å². The number of nitrogens with one attached hydrogen (secondary N) is 1. The van der Waals surface area contributed by atoms with Crippen LogP contribution in [0.3, 0.4) is 0 Å². The van der Waals surface area contributed by atoms with Crippen molar-refractivity contribution in [2.75, 3.05) is 12.3 Å². The van der Waals surface area contributed by atoms with Crippen LogP contribution in [0.4, 0.5) is 0 Å². The Labute approximate surface area is 111 Å². The summed E-state index contributed by atoms with van der Waals surface area (Å²) in [4.78, 5) is 0. The van der Waals surface area contributed by atoms with Crippen LogP contribution in [-0.4, -0.2) is 23.6 Å². The van der Waals surface area contributed by atoms with Crippen LogP contribution in [-0.2, 0) is 0 Å². The largest absolute Gasteiger partial charge is 0.313 e. The van der Waals surface area contributed by atoms with Gasteiger partial charge < -0.3 is 5.32 Å². The van der Waals surface area contributed by atoms with Crippen molar-refractivity contribution < 1.29 is 0 Å². The van der Waals surface area contributed by atoms with Crippen LogP contribution in [0, 0.1) is 5.41 Å². The molecule has 3 aliphatic rings. The fourth-order valence-corrected chi connectivity index (χ4v) is 5.38. The van der Waals surface area contributed by atoms with E-state index in [1.54, 1.807) is 0 Å². The van der Waals surface area contributed by atoms with Crippen molar-refractivity contribution in [3.05, 3.63) is 0 Å².